The van der Waals surface area contributed by atoms with Crippen LogP contribution in [0.4, 0.5) is 5.95 Å². The topological polar surface area (TPSA) is 72.7 Å². The molecule has 1 amide bonds. The van der Waals surface area contributed by atoms with Crippen LogP contribution >= 0.6 is 0 Å². The summed E-state index contributed by atoms with van der Waals surface area (Å²) in [5.41, 5.74) is 2.51. The summed E-state index contributed by atoms with van der Waals surface area (Å²) in [5, 5.41) is 0. The lowest BCUT2D eigenvalue weighted by atomic mass is 10.2. The van der Waals surface area contributed by atoms with Gasteiger partial charge in [-0.05, 0) is 6.07 Å². The van der Waals surface area contributed by atoms with E-state index in [2.05, 4.69) is 14.9 Å². The fourth-order valence-corrected chi connectivity index (χ4v) is 3.26. The van der Waals surface area contributed by atoms with Crippen molar-refractivity contribution in [3.63, 3.8) is 0 Å². The van der Waals surface area contributed by atoms with Crippen LogP contribution in [0.1, 0.15) is 10.5 Å². The van der Waals surface area contributed by atoms with Crippen LogP contribution in [0.3, 0.4) is 0 Å². The molecule has 2 aromatic rings. The van der Waals surface area contributed by atoms with Gasteiger partial charge in [0.05, 0.1) is 26.4 Å². The summed E-state index contributed by atoms with van der Waals surface area (Å²) in [6.45, 7) is 5.49. The SMILES string of the molecule is Cn1cc(-c2cnc(N3CCOCC3)nc2)cc1C(=O)N1CCOCC1. The molecule has 0 N–H and O–H groups in total. The number of carbonyl (C=O) groups is 1. The van der Waals surface area contributed by atoms with Crippen molar-refractivity contribution < 1.29 is 14.3 Å². The third-order valence-corrected chi connectivity index (χ3v) is 4.79. The molecule has 0 saturated carbocycles. The van der Waals surface area contributed by atoms with Crippen LogP contribution in [0.15, 0.2) is 24.7 Å². The van der Waals surface area contributed by atoms with Crippen LogP contribution in [-0.4, -0.2) is 77.9 Å². The highest BCUT2D eigenvalue weighted by Crippen LogP contribution is 2.23. The van der Waals surface area contributed by atoms with Gasteiger partial charge in [0, 0.05) is 62.9 Å². The molecule has 0 unspecified atom stereocenters. The van der Waals surface area contributed by atoms with Gasteiger partial charge in [0.15, 0.2) is 0 Å². The average Bonchev–Trinajstić information content (AvgIpc) is 3.10. The summed E-state index contributed by atoms with van der Waals surface area (Å²) in [5.74, 6) is 0.755. The lowest BCUT2D eigenvalue weighted by Gasteiger charge is -2.26. The third-order valence-electron chi connectivity index (χ3n) is 4.79. The minimum absolute atomic E-state index is 0.0351. The molecule has 2 aromatic heterocycles. The van der Waals surface area contributed by atoms with Crippen LogP contribution in [0.5, 0.6) is 0 Å². The van der Waals surface area contributed by atoms with Crippen LogP contribution < -0.4 is 4.90 Å². The molecule has 4 heterocycles. The van der Waals surface area contributed by atoms with Gasteiger partial charge in [0.1, 0.15) is 5.69 Å². The van der Waals surface area contributed by atoms with Gasteiger partial charge in [-0.3, -0.25) is 4.79 Å². The zero-order valence-corrected chi connectivity index (χ0v) is 14.9. The Labute approximate surface area is 152 Å². The maximum atomic E-state index is 12.7. The Morgan fingerprint density at radius 2 is 1.58 bits per heavy atom. The van der Waals surface area contributed by atoms with E-state index >= 15 is 0 Å². The minimum Gasteiger partial charge on any atom is -0.378 e. The number of rotatable bonds is 3. The summed E-state index contributed by atoms with van der Waals surface area (Å²) >= 11 is 0. The van der Waals surface area contributed by atoms with Crippen LogP contribution in [0, 0.1) is 0 Å². The van der Waals surface area contributed by atoms with Crippen molar-refractivity contribution in [2.75, 3.05) is 57.5 Å². The van der Waals surface area contributed by atoms with Crippen LogP contribution in [-0.2, 0) is 16.5 Å². The van der Waals surface area contributed by atoms with E-state index in [0.717, 1.165) is 30.2 Å². The summed E-state index contributed by atoms with van der Waals surface area (Å²) < 4.78 is 12.5. The molecule has 138 valence electrons. The van der Waals surface area contributed by atoms with Gasteiger partial charge in [-0.1, -0.05) is 0 Å². The number of aryl methyl sites for hydroxylation is 1. The monoisotopic (exact) mass is 357 g/mol. The van der Waals surface area contributed by atoms with Crippen molar-refractivity contribution in [1.82, 2.24) is 19.4 Å². The fraction of sp³-hybridized carbons (Fsp3) is 0.500. The van der Waals surface area contributed by atoms with E-state index in [9.17, 15) is 4.79 Å². The molecule has 0 atom stereocenters. The highest BCUT2D eigenvalue weighted by molar-refractivity contribution is 5.94. The summed E-state index contributed by atoms with van der Waals surface area (Å²) in [4.78, 5) is 25.7. The van der Waals surface area contributed by atoms with Gasteiger partial charge in [-0.15, -0.1) is 0 Å². The van der Waals surface area contributed by atoms with Crippen molar-refractivity contribution in [2.24, 2.45) is 7.05 Å². The molecule has 8 nitrogen and oxygen atoms in total. The number of ether oxygens (including phenoxy) is 2. The van der Waals surface area contributed by atoms with Crippen LogP contribution in [0.25, 0.3) is 11.1 Å². The number of morpholine rings is 2. The lowest BCUT2D eigenvalue weighted by molar-refractivity contribution is 0.0296. The zero-order valence-electron chi connectivity index (χ0n) is 14.9. The second-order valence-corrected chi connectivity index (χ2v) is 6.50. The van der Waals surface area contributed by atoms with E-state index in [1.54, 1.807) is 0 Å². The molecule has 2 aliphatic rings. The number of amides is 1. The van der Waals surface area contributed by atoms with Gasteiger partial charge in [-0.25, -0.2) is 9.97 Å². The van der Waals surface area contributed by atoms with E-state index in [1.165, 1.54) is 0 Å². The standard InChI is InChI=1S/C18H23N5O3/c1-21-13-14(10-16(21)17(24)22-2-6-25-7-3-22)15-11-19-18(20-12-15)23-4-8-26-9-5-23/h10-13H,2-9H2,1H3. The first kappa shape index (κ1) is 17.0. The molecule has 8 heteroatoms. The van der Waals surface area contributed by atoms with E-state index in [0.29, 0.717) is 45.2 Å². The Hall–Kier alpha value is -2.45. The van der Waals surface area contributed by atoms with E-state index in [4.69, 9.17) is 9.47 Å². The van der Waals surface area contributed by atoms with Gasteiger partial charge in [0.25, 0.3) is 5.91 Å². The van der Waals surface area contributed by atoms with Crippen molar-refractivity contribution >= 4 is 11.9 Å². The van der Waals surface area contributed by atoms with Gasteiger partial charge >= 0.3 is 0 Å². The quantitative estimate of drug-likeness (QED) is 0.809. The first-order valence-electron chi connectivity index (χ1n) is 8.91. The number of hydrogen-bond acceptors (Lipinski definition) is 6. The van der Waals surface area contributed by atoms with Crippen molar-refractivity contribution in [1.29, 1.82) is 0 Å². The van der Waals surface area contributed by atoms with Crippen LogP contribution in [0.2, 0.25) is 0 Å². The summed E-state index contributed by atoms with van der Waals surface area (Å²) in [6, 6.07) is 1.91. The van der Waals surface area contributed by atoms with E-state index < -0.39 is 0 Å². The maximum absolute atomic E-state index is 12.7. The fourth-order valence-electron chi connectivity index (χ4n) is 3.26. The zero-order chi connectivity index (χ0) is 17.9. The maximum Gasteiger partial charge on any atom is 0.270 e. The summed E-state index contributed by atoms with van der Waals surface area (Å²) in [7, 11) is 1.89. The number of nitrogens with zero attached hydrogens (tertiary/aromatic N) is 5. The second kappa shape index (κ2) is 7.43. The molecule has 2 saturated heterocycles. The van der Waals surface area contributed by atoms with Crippen molar-refractivity contribution in [3.05, 3.63) is 30.4 Å². The third kappa shape index (κ3) is 3.42. The second-order valence-electron chi connectivity index (χ2n) is 6.50. The molecule has 0 bridgehead atoms. The molecular weight excluding hydrogens is 334 g/mol. The molecular formula is C18H23N5O3. The predicted octanol–water partition coefficient (Wildman–Crippen LogP) is 0.791. The smallest absolute Gasteiger partial charge is 0.270 e. The number of hydrogen-bond donors (Lipinski definition) is 0. The Morgan fingerprint density at radius 3 is 2.23 bits per heavy atom. The molecule has 0 aliphatic carbocycles. The van der Waals surface area contributed by atoms with Gasteiger partial charge < -0.3 is 23.8 Å². The average molecular weight is 357 g/mol. The minimum atomic E-state index is 0.0351. The molecule has 0 radical (unpaired) electrons. The first-order valence-corrected chi connectivity index (χ1v) is 8.91. The Morgan fingerprint density at radius 1 is 0.962 bits per heavy atom. The van der Waals surface area contributed by atoms with Gasteiger partial charge in [-0.2, -0.15) is 0 Å². The van der Waals surface area contributed by atoms with Crippen molar-refractivity contribution in [2.45, 2.75) is 0 Å². The van der Waals surface area contributed by atoms with E-state index in [-0.39, 0.29) is 5.91 Å². The highest BCUT2D eigenvalue weighted by Gasteiger charge is 2.22. The van der Waals surface area contributed by atoms with E-state index in [1.807, 2.05) is 41.2 Å². The number of aromatic nitrogens is 3. The molecule has 26 heavy (non-hydrogen) atoms. The summed E-state index contributed by atoms with van der Waals surface area (Å²) in [6.07, 6.45) is 5.58. The molecule has 2 aliphatic heterocycles. The Kier molecular flexibility index (Phi) is 4.85. The molecule has 0 spiro atoms. The molecule has 0 aromatic carbocycles. The molecule has 2 fully saturated rings. The van der Waals surface area contributed by atoms with Crippen molar-refractivity contribution in [3.8, 4) is 11.1 Å². The first-order chi connectivity index (χ1) is 12.7. The Balaban J connectivity index is 1.52. The predicted molar refractivity (Wildman–Crippen MR) is 96.2 cm³/mol. The Bertz CT molecular complexity index is 762. The largest absolute Gasteiger partial charge is 0.378 e. The number of anilines is 1. The van der Waals surface area contributed by atoms with Gasteiger partial charge in [0.2, 0.25) is 5.95 Å². The number of carbonyl (C=O) groups excluding carboxylic acids is 1. The lowest BCUT2D eigenvalue weighted by Crippen LogP contribution is -2.41. The molecule has 4 rings (SSSR count). The highest BCUT2D eigenvalue weighted by atomic mass is 16.5. The normalized spacial score (nSPS) is 18.2.